The fourth-order valence-corrected chi connectivity index (χ4v) is 3.41. The molecule has 1 heterocycles. The number of carboxylic acid groups (broad SMARTS) is 1. The molecule has 0 radical (unpaired) electrons. The summed E-state index contributed by atoms with van der Waals surface area (Å²) in [6.45, 7) is 9.55. The van der Waals surface area contributed by atoms with Crippen LogP contribution in [0, 0.1) is 0 Å². The Balaban J connectivity index is 1.86. The molecule has 0 bridgehead atoms. The van der Waals surface area contributed by atoms with E-state index in [0.29, 0.717) is 18.8 Å². The Labute approximate surface area is 162 Å². The standard InChI is InChI=1S/C21H32N2O4/c1-15(27-18-8-6-16(7-9-18)21(2,3)4)20(26)23-12-10-17(11-13-23)22(5)14-19(24)25/h6-9,15,17H,10-14H2,1-5H3,(H,24,25)/t15-/m1/s1. The zero-order valence-corrected chi connectivity index (χ0v) is 17.1. The van der Waals surface area contributed by atoms with Crippen molar-refractivity contribution in [3.05, 3.63) is 29.8 Å². The van der Waals surface area contributed by atoms with E-state index in [1.165, 1.54) is 5.56 Å². The molecule has 150 valence electrons. The smallest absolute Gasteiger partial charge is 0.317 e. The number of amides is 1. The molecule has 1 amide bonds. The van der Waals surface area contributed by atoms with Crippen molar-refractivity contribution in [2.24, 2.45) is 0 Å². The molecule has 1 fully saturated rings. The van der Waals surface area contributed by atoms with E-state index >= 15 is 0 Å². The number of ether oxygens (including phenoxy) is 1. The Bertz CT molecular complexity index is 643. The highest BCUT2D eigenvalue weighted by atomic mass is 16.5. The van der Waals surface area contributed by atoms with E-state index in [9.17, 15) is 9.59 Å². The van der Waals surface area contributed by atoms with Crippen LogP contribution in [-0.4, -0.2) is 65.6 Å². The summed E-state index contributed by atoms with van der Waals surface area (Å²) in [7, 11) is 1.82. The van der Waals surface area contributed by atoms with Crippen LogP contribution in [0.15, 0.2) is 24.3 Å². The lowest BCUT2D eigenvalue weighted by Crippen LogP contribution is -2.49. The molecule has 27 heavy (non-hydrogen) atoms. The molecule has 0 spiro atoms. The topological polar surface area (TPSA) is 70.1 Å². The number of carboxylic acids is 1. The van der Waals surface area contributed by atoms with Crippen LogP contribution >= 0.6 is 0 Å². The number of carbonyl (C=O) groups is 2. The maximum Gasteiger partial charge on any atom is 0.317 e. The Morgan fingerprint density at radius 1 is 1.22 bits per heavy atom. The van der Waals surface area contributed by atoms with Gasteiger partial charge in [-0.25, -0.2) is 0 Å². The highest BCUT2D eigenvalue weighted by Gasteiger charge is 2.29. The van der Waals surface area contributed by atoms with E-state index in [1.54, 1.807) is 6.92 Å². The Morgan fingerprint density at radius 3 is 2.26 bits per heavy atom. The summed E-state index contributed by atoms with van der Waals surface area (Å²) in [5.41, 5.74) is 1.30. The van der Waals surface area contributed by atoms with Gasteiger partial charge in [0, 0.05) is 19.1 Å². The summed E-state index contributed by atoms with van der Waals surface area (Å²) >= 11 is 0. The van der Waals surface area contributed by atoms with Crippen molar-refractivity contribution in [1.82, 2.24) is 9.80 Å². The van der Waals surface area contributed by atoms with E-state index in [0.717, 1.165) is 12.8 Å². The van der Waals surface area contributed by atoms with Crippen molar-refractivity contribution in [2.75, 3.05) is 26.7 Å². The zero-order valence-electron chi connectivity index (χ0n) is 17.1. The van der Waals surface area contributed by atoms with Crippen LogP contribution in [0.5, 0.6) is 5.75 Å². The van der Waals surface area contributed by atoms with Crippen molar-refractivity contribution < 1.29 is 19.4 Å². The Morgan fingerprint density at radius 2 is 1.78 bits per heavy atom. The van der Waals surface area contributed by atoms with Gasteiger partial charge >= 0.3 is 5.97 Å². The first-order chi connectivity index (χ1) is 12.6. The first-order valence-corrected chi connectivity index (χ1v) is 9.56. The molecule has 6 heteroatoms. The van der Waals surface area contributed by atoms with Gasteiger partial charge in [0.15, 0.2) is 6.10 Å². The average molecular weight is 376 g/mol. The number of carbonyl (C=O) groups excluding carboxylic acids is 1. The lowest BCUT2D eigenvalue weighted by Gasteiger charge is -2.37. The molecular formula is C21H32N2O4. The summed E-state index contributed by atoms with van der Waals surface area (Å²) in [5, 5.41) is 8.91. The van der Waals surface area contributed by atoms with Crippen LogP contribution in [0.25, 0.3) is 0 Å². The minimum atomic E-state index is -0.824. The van der Waals surface area contributed by atoms with Gasteiger partial charge in [-0.15, -0.1) is 0 Å². The molecule has 0 aliphatic carbocycles. The molecule has 1 aromatic rings. The second-order valence-corrected chi connectivity index (χ2v) is 8.40. The van der Waals surface area contributed by atoms with Gasteiger partial charge in [0.2, 0.25) is 0 Å². The third-order valence-electron chi connectivity index (χ3n) is 5.17. The second-order valence-electron chi connectivity index (χ2n) is 8.40. The quantitative estimate of drug-likeness (QED) is 0.827. The number of rotatable bonds is 6. The lowest BCUT2D eigenvalue weighted by molar-refractivity contribution is -0.141. The molecule has 1 atom stereocenters. The number of likely N-dealkylation sites (tertiary alicyclic amines) is 1. The van der Waals surface area contributed by atoms with Crippen LogP contribution in [-0.2, 0) is 15.0 Å². The van der Waals surface area contributed by atoms with Gasteiger partial charge in [0.05, 0.1) is 6.54 Å². The number of benzene rings is 1. The van der Waals surface area contributed by atoms with Crippen molar-refractivity contribution in [3.8, 4) is 5.75 Å². The predicted octanol–water partition coefficient (Wildman–Crippen LogP) is 2.76. The number of likely N-dealkylation sites (N-methyl/N-ethyl adjacent to an activating group) is 1. The third-order valence-corrected chi connectivity index (χ3v) is 5.17. The second kappa shape index (κ2) is 8.74. The van der Waals surface area contributed by atoms with Crippen LogP contribution in [0.1, 0.15) is 46.1 Å². The molecule has 0 unspecified atom stereocenters. The number of aliphatic carboxylic acids is 1. The van der Waals surface area contributed by atoms with Crippen LogP contribution in [0.4, 0.5) is 0 Å². The van der Waals surface area contributed by atoms with Crippen molar-refractivity contribution in [1.29, 1.82) is 0 Å². The molecule has 0 aromatic heterocycles. The third kappa shape index (κ3) is 5.96. The molecule has 0 saturated carbocycles. The first kappa shape index (κ1) is 21.2. The molecular weight excluding hydrogens is 344 g/mol. The van der Waals surface area contributed by atoms with Gasteiger partial charge in [-0.05, 0) is 49.9 Å². The number of hydrogen-bond donors (Lipinski definition) is 1. The summed E-state index contributed by atoms with van der Waals surface area (Å²) < 4.78 is 5.84. The normalized spacial score (nSPS) is 17.0. The summed E-state index contributed by atoms with van der Waals surface area (Å²) in [6.07, 6.45) is 1.02. The van der Waals surface area contributed by atoms with Crippen LogP contribution < -0.4 is 4.74 Å². The minimum absolute atomic E-state index is 0.0192. The van der Waals surface area contributed by atoms with E-state index in [1.807, 2.05) is 41.1 Å². The van der Waals surface area contributed by atoms with E-state index in [-0.39, 0.29) is 23.9 Å². The van der Waals surface area contributed by atoms with Gasteiger partial charge in [-0.3, -0.25) is 14.5 Å². The summed E-state index contributed by atoms with van der Waals surface area (Å²) in [4.78, 5) is 27.2. The molecule has 1 aromatic carbocycles. The molecule has 2 rings (SSSR count). The van der Waals surface area contributed by atoms with E-state index in [2.05, 4.69) is 20.8 Å². The summed E-state index contributed by atoms with van der Waals surface area (Å²) in [5.74, 6) is -0.148. The molecule has 6 nitrogen and oxygen atoms in total. The van der Waals surface area contributed by atoms with Gasteiger partial charge in [-0.1, -0.05) is 32.9 Å². The maximum atomic E-state index is 12.7. The fraction of sp³-hybridized carbons (Fsp3) is 0.619. The van der Waals surface area contributed by atoms with Gasteiger partial charge < -0.3 is 14.7 Å². The maximum absolute atomic E-state index is 12.7. The first-order valence-electron chi connectivity index (χ1n) is 9.56. The largest absolute Gasteiger partial charge is 0.481 e. The van der Waals surface area contributed by atoms with Crippen molar-refractivity contribution in [3.63, 3.8) is 0 Å². The van der Waals surface area contributed by atoms with Gasteiger partial charge in [0.1, 0.15) is 5.75 Å². The molecule has 1 N–H and O–H groups in total. The van der Waals surface area contributed by atoms with E-state index in [4.69, 9.17) is 9.84 Å². The number of hydrogen-bond acceptors (Lipinski definition) is 4. The number of nitrogens with zero attached hydrogens (tertiary/aromatic N) is 2. The zero-order chi connectivity index (χ0) is 20.2. The van der Waals surface area contributed by atoms with Crippen molar-refractivity contribution >= 4 is 11.9 Å². The van der Waals surface area contributed by atoms with Gasteiger partial charge in [0.25, 0.3) is 5.91 Å². The monoisotopic (exact) mass is 376 g/mol. The fourth-order valence-electron chi connectivity index (χ4n) is 3.41. The Hall–Kier alpha value is -2.08. The average Bonchev–Trinajstić information content (AvgIpc) is 2.60. The van der Waals surface area contributed by atoms with Gasteiger partial charge in [-0.2, -0.15) is 0 Å². The van der Waals surface area contributed by atoms with Crippen LogP contribution in [0.2, 0.25) is 0 Å². The highest BCUT2D eigenvalue weighted by molar-refractivity contribution is 5.81. The molecule has 1 saturated heterocycles. The predicted molar refractivity (Wildman–Crippen MR) is 105 cm³/mol. The number of piperidine rings is 1. The lowest BCUT2D eigenvalue weighted by atomic mass is 9.87. The molecule has 1 aliphatic heterocycles. The van der Waals surface area contributed by atoms with Crippen molar-refractivity contribution in [2.45, 2.75) is 58.1 Å². The van der Waals surface area contributed by atoms with Crippen LogP contribution in [0.3, 0.4) is 0 Å². The minimum Gasteiger partial charge on any atom is -0.481 e. The molecule has 1 aliphatic rings. The Kier molecular flexibility index (Phi) is 6.87. The SMILES string of the molecule is C[C@@H](Oc1ccc(C(C)(C)C)cc1)C(=O)N1CCC(N(C)CC(=O)O)CC1. The highest BCUT2D eigenvalue weighted by Crippen LogP contribution is 2.25. The van der Waals surface area contributed by atoms with E-state index < -0.39 is 12.1 Å². The summed E-state index contributed by atoms with van der Waals surface area (Å²) in [6, 6.07) is 8.10.